The Morgan fingerprint density at radius 2 is 1.97 bits per heavy atom. The molecule has 1 saturated heterocycles. The number of aliphatic hydroxyl groups excluding tert-OH is 1. The van der Waals surface area contributed by atoms with E-state index < -0.39 is 0 Å². The molecule has 8 heteroatoms. The molecule has 1 aliphatic heterocycles. The molecule has 1 N–H and O–H groups in total. The number of rotatable bonds is 7. The van der Waals surface area contributed by atoms with E-state index in [1.807, 2.05) is 17.0 Å². The molecule has 3 fully saturated rings. The average molecular weight is 547 g/mol. The number of fused-ring (bicyclic) bond motifs is 2. The van der Waals surface area contributed by atoms with E-state index in [9.17, 15) is 9.90 Å². The van der Waals surface area contributed by atoms with Gasteiger partial charge < -0.3 is 23.9 Å². The second-order valence-electron chi connectivity index (χ2n) is 12.0. The summed E-state index contributed by atoms with van der Waals surface area (Å²) in [6.45, 7) is 4.85. The third kappa shape index (κ3) is 4.27. The molecule has 7 rings (SSSR count). The summed E-state index contributed by atoms with van der Waals surface area (Å²) in [4.78, 5) is 20.7. The van der Waals surface area contributed by atoms with Gasteiger partial charge in [0.2, 0.25) is 0 Å². The van der Waals surface area contributed by atoms with E-state index >= 15 is 0 Å². The highest BCUT2D eigenvalue weighted by Crippen LogP contribution is 2.46. The van der Waals surface area contributed by atoms with Gasteiger partial charge in [-0.25, -0.2) is 4.98 Å². The van der Waals surface area contributed by atoms with Crippen LogP contribution >= 0.6 is 11.3 Å². The van der Waals surface area contributed by atoms with Crippen molar-refractivity contribution in [3.63, 3.8) is 0 Å². The van der Waals surface area contributed by atoms with Gasteiger partial charge in [0.05, 0.1) is 34.6 Å². The van der Waals surface area contributed by atoms with E-state index in [1.165, 1.54) is 35.0 Å². The van der Waals surface area contributed by atoms with E-state index in [0.29, 0.717) is 29.1 Å². The van der Waals surface area contributed by atoms with E-state index in [0.717, 1.165) is 67.9 Å². The number of imidazole rings is 1. The fourth-order valence-electron chi connectivity index (χ4n) is 6.74. The van der Waals surface area contributed by atoms with Gasteiger partial charge >= 0.3 is 0 Å². The van der Waals surface area contributed by atoms with Gasteiger partial charge in [-0.1, -0.05) is 13.3 Å². The number of hydrogen-bond donors (Lipinski definition) is 1. The molecular formula is C31H38N4O3S. The van der Waals surface area contributed by atoms with Crippen LogP contribution in [0.1, 0.15) is 73.7 Å². The Kier molecular flexibility index (Phi) is 6.23. The molecule has 1 atom stereocenters. The Bertz CT molecular complexity index is 1560. The van der Waals surface area contributed by atoms with Gasteiger partial charge in [0.1, 0.15) is 11.3 Å². The molecule has 2 aliphatic carbocycles. The number of nitrogens with zero attached hydrogens (tertiary/aromatic N) is 4. The fourth-order valence-corrected chi connectivity index (χ4v) is 7.82. The third-order valence-electron chi connectivity index (χ3n) is 9.35. The van der Waals surface area contributed by atoms with Crippen LogP contribution in [0.4, 0.5) is 0 Å². The van der Waals surface area contributed by atoms with Gasteiger partial charge in [-0.2, -0.15) is 0 Å². The SMILES string of the molecule is CC[C@@H]1CCCN(C(=O)c2cc(OC)c3c(c2)nc(-c2cc4scc(C5CC(O)C5)c4n2CC2CC2)n3C)C1. The summed E-state index contributed by atoms with van der Waals surface area (Å²) in [7, 11) is 3.73. The Morgan fingerprint density at radius 1 is 1.15 bits per heavy atom. The summed E-state index contributed by atoms with van der Waals surface area (Å²) >= 11 is 1.80. The van der Waals surface area contributed by atoms with Crippen LogP contribution in [0.25, 0.3) is 32.8 Å². The fraction of sp³-hybridized carbons (Fsp3) is 0.548. The number of piperidine rings is 1. The van der Waals surface area contributed by atoms with Crippen LogP contribution < -0.4 is 4.74 Å². The van der Waals surface area contributed by atoms with Crippen molar-refractivity contribution in [1.29, 1.82) is 0 Å². The first kappa shape index (κ1) is 25.1. The molecule has 206 valence electrons. The lowest BCUT2D eigenvalue weighted by Crippen LogP contribution is -2.39. The molecule has 1 aromatic carbocycles. The molecule has 0 bridgehead atoms. The molecule has 39 heavy (non-hydrogen) atoms. The number of carbonyl (C=O) groups is 1. The Balaban J connectivity index is 1.32. The Hall–Kier alpha value is -2.84. The van der Waals surface area contributed by atoms with Crippen LogP contribution in [-0.4, -0.2) is 56.3 Å². The summed E-state index contributed by atoms with van der Waals surface area (Å²) in [5, 5.41) is 12.3. The second kappa shape index (κ2) is 9.66. The third-order valence-corrected chi connectivity index (χ3v) is 10.3. The van der Waals surface area contributed by atoms with Crippen molar-refractivity contribution in [2.24, 2.45) is 18.9 Å². The maximum atomic E-state index is 13.6. The first-order valence-electron chi connectivity index (χ1n) is 14.6. The second-order valence-corrected chi connectivity index (χ2v) is 12.9. The van der Waals surface area contributed by atoms with Gasteiger partial charge in [-0.05, 0) is 85.4 Å². The van der Waals surface area contributed by atoms with Crippen LogP contribution in [0.5, 0.6) is 5.75 Å². The summed E-state index contributed by atoms with van der Waals surface area (Å²) in [6.07, 6.45) is 7.46. The van der Waals surface area contributed by atoms with E-state index in [1.54, 1.807) is 18.4 Å². The minimum atomic E-state index is -0.168. The zero-order valence-corrected chi connectivity index (χ0v) is 24.0. The number of aromatic nitrogens is 3. The van der Waals surface area contributed by atoms with Crippen LogP contribution in [-0.2, 0) is 13.6 Å². The van der Waals surface area contributed by atoms with E-state index in [-0.39, 0.29) is 12.0 Å². The maximum Gasteiger partial charge on any atom is 0.254 e. The number of likely N-dealkylation sites (tertiary alicyclic amines) is 1. The van der Waals surface area contributed by atoms with Crippen molar-refractivity contribution < 1.29 is 14.6 Å². The first-order valence-corrected chi connectivity index (χ1v) is 15.5. The van der Waals surface area contributed by atoms with E-state index in [2.05, 4.69) is 34.6 Å². The average Bonchev–Trinajstić information content (AvgIpc) is 3.43. The molecular weight excluding hydrogens is 508 g/mol. The molecule has 0 radical (unpaired) electrons. The van der Waals surface area contributed by atoms with Crippen molar-refractivity contribution in [2.75, 3.05) is 20.2 Å². The zero-order valence-electron chi connectivity index (χ0n) is 23.2. The minimum absolute atomic E-state index is 0.0745. The Morgan fingerprint density at radius 3 is 2.69 bits per heavy atom. The van der Waals surface area contributed by atoms with Gasteiger partial charge in [-0.15, -0.1) is 11.3 Å². The smallest absolute Gasteiger partial charge is 0.254 e. The van der Waals surface area contributed by atoms with Gasteiger partial charge in [0.15, 0.2) is 5.82 Å². The van der Waals surface area contributed by atoms with Crippen LogP contribution in [0.3, 0.4) is 0 Å². The summed E-state index contributed by atoms with van der Waals surface area (Å²) in [5.41, 5.74) is 6.19. The van der Waals surface area contributed by atoms with Crippen LogP contribution in [0.2, 0.25) is 0 Å². The highest BCUT2D eigenvalue weighted by Gasteiger charge is 2.34. The lowest BCUT2D eigenvalue weighted by atomic mass is 9.78. The summed E-state index contributed by atoms with van der Waals surface area (Å²) in [6, 6.07) is 6.14. The quantitative estimate of drug-likeness (QED) is 0.301. The van der Waals surface area contributed by atoms with Crippen molar-refractivity contribution in [3.05, 3.63) is 34.7 Å². The molecule has 0 unspecified atom stereocenters. The number of carbonyl (C=O) groups excluding carboxylic acids is 1. The van der Waals surface area contributed by atoms with Gasteiger partial charge in [-0.3, -0.25) is 4.79 Å². The lowest BCUT2D eigenvalue weighted by molar-refractivity contribution is 0.0670. The largest absolute Gasteiger partial charge is 0.494 e. The Labute approximate surface area is 233 Å². The molecule has 3 aliphatic rings. The van der Waals surface area contributed by atoms with Crippen LogP contribution in [0, 0.1) is 11.8 Å². The summed E-state index contributed by atoms with van der Waals surface area (Å²) in [5.74, 6) is 3.39. The molecule has 3 aromatic heterocycles. The number of thiophene rings is 1. The molecule has 1 amide bonds. The minimum Gasteiger partial charge on any atom is -0.494 e. The number of aryl methyl sites for hydroxylation is 1. The molecule has 0 spiro atoms. The van der Waals surface area contributed by atoms with Gasteiger partial charge in [0.25, 0.3) is 5.91 Å². The molecule has 4 heterocycles. The topological polar surface area (TPSA) is 72.5 Å². The molecule has 2 saturated carbocycles. The van der Waals surface area contributed by atoms with E-state index in [4.69, 9.17) is 9.72 Å². The van der Waals surface area contributed by atoms with Crippen molar-refractivity contribution in [2.45, 2.75) is 70.4 Å². The number of benzene rings is 1. The monoisotopic (exact) mass is 546 g/mol. The van der Waals surface area contributed by atoms with Gasteiger partial charge in [0, 0.05) is 32.2 Å². The number of hydrogen-bond acceptors (Lipinski definition) is 5. The standard InChI is InChI=1S/C31H38N4O3S/c1-4-18-6-5-9-34(15-18)31(37)21-12-24-29(26(13-21)38-3)33(2)30(32-24)25-14-27-28(35(25)16-19-7-8-19)23(17-39-27)20-10-22(36)11-20/h12-14,17-20,22,36H,4-11,15-16H2,1-3H3/t18-,20?,22?/m1/s1. The first-order chi connectivity index (χ1) is 18.9. The lowest BCUT2D eigenvalue weighted by Gasteiger charge is -2.32. The number of methoxy groups -OCH3 is 1. The number of amides is 1. The molecule has 7 nitrogen and oxygen atoms in total. The van der Waals surface area contributed by atoms with Crippen molar-refractivity contribution in [3.8, 4) is 17.3 Å². The maximum absolute atomic E-state index is 13.6. The van der Waals surface area contributed by atoms with Crippen LogP contribution in [0.15, 0.2) is 23.6 Å². The normalized spacial score (nSPS) is 23.5. The number of aliphatic hydroxyl groups is 1. The molecule has 4 aromatic rings. The number of ether oxygens (including phenoxy) is 1. The zero-order chi connectivity index (χ0) is 26.8. The van der Waals surface area contributed by atoms with Crippen molar-refractivity contribution >= 4 is 38.5 Å². The van der Waals surface area contributed by atoms with Crippen molar-refractivity contribution in [1.82, 2.24) is 19.0 Å². The highest BCUT2D eigenvalue weighted by molar-refractivity contribution is 7.17. The predicted octanol–water partition coefficient (Wildman–Crippen LogP) is 6.18. The highest BCUT2D eigenvalue weighted by atomic mass is 32.1. The summed E-state index contributed by atoms with van der Waals surface area (Å²) < 4.78 is 11.8. The predicted molar refractivity (Wildman–Crippen MR) is 156 cm³/mol.